The third-order valence-corrected chi connectivity index (χ3v) is 8.73. The molecular formula is C35H48BN3O6. The van der Waals surface area contributed by atoms with Gasteiger partial charge in [-0.15, -0.1) is 0 Å². The van der Waals surface area contributed by atoms with Crippen molar-refractivity contribution in [1.29, 1.82) is 0 Å². The summed E-state index contributed by atoms with van der Waals surface area (Å²) in [6, 6.07) is 14.5. The van der Waals surface area contributed by atoms with Crippen molar-refractivity contribution in [3.05, 3.63) is 65.3 Å². The highest BCUT2D eigenvalue weighted by molar-refractivity contribution is 6.56. The zero-order chi connectivity index (χ0) is 32.4. The van der Waals surface area contributed by atoms with Crippen LogP contribution >= 0.6 is 0 Å². The summed E-state index contributed by atoms with van der Waals surface area (Å²) in [6.07, 6.45) is 5.40. The average Bonchev–Trinajstić information content (AvgIpc) is 3.50. The molecule has 3 heterocycles. The second-order valence-electron chi connectivity index (χ2n) is 13.8. The molecule has 1 unspecified atom stereocenters. The van der Waals surface area contributed by atoms with E-state index in [2.05, 4.69) is 70.3 Å². The molecule has 2 aliphatic rings. The predicted octanol–water partition coefficient (Wildman–Crippen LogP) is 7.48. The lowest BCUT2D eigenvalue weighted by Crippen LogP contribution is -2.41. The molecule has 45 heavy (non-hydrogen) atoms. The molecule has 0 spiro atoms. The van der Waals surface area contributed by atoms with Gasteiger partial charge in [0.25, 0.3) is 0 Å². The normalized spacial score (nSPS) is 20.2. The monoisotopic (exact) mass is 617 g/mol. The van der Waals surface area contributed by atoms with Crippen molar-refractivity contribution in [2.45, 2.75) is 104 Å². The number of allylic oxidation sites excluding steroid dienone is 1. The lowest BCUT2D eigenvalue weighted by atomic mass is 9.70. The van der Waals surface area contributed by atoms with Crippen LogP contribution in [0.2, 0.25) is 0 Å². The summed E-state index contributed by atoms with van der Waals surface area (Å²) >= 11 is 0. The molecule has 0 saturated carbocycles. The number of hydrogen-bond donors (Lipinski definition) is 1. The maximum atomic E-state index is 11.9. The first-order chi connectivity index (χ1) is 21.3. The standard InChI is InChI=1S/C35H48BN3O6/c1-9-28(36-44-34(5,6)35(7,8)45-36)31(24-13-16-27(17-14-24)41-21-19-37-32(40)43-33(2,3)4)25-15-18-29-26(22-25)23-38-39(29)30-12-10-11-20-42-30/h13-18,22-23,30H,9-12,19-21H2,1-8H3,(H,37,40). The molecule has 10 heteroatoms. The van der Waals surface area contributed by atoms with Crippen molar-refractivity contribution in [3.8, 4) is 5.75 Å². The van der Waals surface area contributed by atoms with Crippen LogP contribution in [0.3, 0.4) is 0 Å². The molecule has 2 fully saturated rings. The molecular weight excluding hydrogens is 569 g/mol. The Labute approximate surface area is 267 Å². The SMILES string of the molecule is CCC(B1OC(C)(C)C(C)(C)O1)=C(c1ccc(OCCNC(=O)OC(C)(C)C)cc1)c1ccc2c(cnn2C2CCCCO2)c1. The van der Waals surface area contributed by atoms with E-state index < -0.39 is 30.0 Å². The Morgan fingerprint density at radius 3 is 2.36 bits per heavy atom. The van der Waals surface area contributed by atoms with Gasteiger partial charge in [0.2, 0.25) is 0 Å². The van der Waals surface area contributed by atoms with Crippen molar-refractivity contribution in [1.82, 2.24) is 15.1 Å². The van der Waals surface area contributed by atoms with Crippen LogP contribution in [0.5, 0.6) is 5.75 Å². The number of rotatable bonds is 9. The molecule has 3 aromatic rings. The number of carbonyl (C=O) groups is 1. The van der Waals surface area contributed by atoms with Crippen molar-refractivity contribution in [2.75, 3.05) is 19.8 Å². The first kappa shape index (κ1) is 33.0. The Kier molecular flexibility index (Phi) is 9.68. The largest absolute Gasteiger partial charge is 0.492 e. The summed E-state index contributed by atoms with van der Waals surface area (Å²) in [5.74, 6) is 0.710. The van der Waals surface area contributed by atoms with E-state index in [4.69, 9.17) is 28.6 Å². The van der Waals surface area contributed by atoms with E-state index in [9.17, 15) is 4.79 Å². The van der Waals surface area contributed by atoms with Gasteiger partial charge >= 0.3 is 13.2 Å². The fourth-order valence-electron chi connectivity index (χ4n) is 5.69. The molecule has 5 rings (SSSR count). The lowest BCUT2D eigenvalue weighted by Gasteiger charge is -2.32. The van der Waals surface area contributed by atoms with Crippen LogP contribution in [0, 0.1) is 0 Å². The Balaban J connectivity index is 1.43. The smallest absolute Gasteiger partial charge is 0.491 e. The van der Waals surface area contributed by atoms with Crippen molar-refractivity contribution in [3.63, 3.8) is 0 Å². The number of carbonyl (C=O) groups excluding carboxylic acids is 1. The van der Waals surface area contributed by atoms with Gasteiger partial charge in [0.05, 0.1) is 29.5 Å². The van der Waals surface area contributed by atoms with Crippen LogP contribution in [0.1, 0.15) is 98.4 Å². The molecule has 2 saturated heterocycles. The number of aromatic nitrogens is 2. The molecule has 242 valence electrons. The Morgan fingerprint density at radius 1 is 1.04 bits per heavy atom. The van der Waals surface area contributed by atoms with Crippen molar-refractivity contribution >= 4 is 29.7 Å². The summed E-state index contributed by atoms with van der Waals surface area (Å²) in [6.45, 7) is 17.4. The fraction of sp³-hybridized carbons (Fsp3) is 0.543. The highest BCUT2D eigenvalue weighted by Gasteiger charge is 2.52. The summed E-state index contributed by atoms with van der Waals surface area (Å²) < 4.78 is 32.4. The van der Waals surface area contributed by atoms with Crippen molar-refractivity contribution in [2.24, 2.45) is 0 Å². The van der Waals surface area contributed by atoms with Crippen LogP contribution in [-0.4, -0.2) is 59.6 Å². The van der Waals surface area contributed by atoms with E-state index in [1.807, 2.05) is 43.8 Å². The van der Waals surface area contributed by atoms with E-state index in [0.717, 1.165) is 65.4 Å². The summed E-state index contributed by atoms with van der Waals surface area (Å²) in [7, 11) is -0.487. The molecule has 1 amide bonds. The molecule has 9 nitrogen and oxygen atoms in total. The van der Waals surface area contributed by atoms with Gasteiger partial charge in [-0.2, -0.15) is 5.10 Å². The second kappa shape index (κ2) is 13.2. The number of hydrogen-bond acceptors (Lipinski definition) is 7. The molecule has 1 aromatic heterocycles. The number of nitrogens with one attached hydrogen (secondary N) is 1. The van der Waals surface area contributed by atoms with E-state index in [0.29, 0.717) is 18.9 Å². The van der Waals surface area contributed by atoms with Crippen LogP contribution in [0.25, 0.3) is 16.5 Å². The Bertz CT molecular complexity index is 1500. The van der Waals surface area contributed by atoms with Crippen LogP contribution < -0.4 is 10.1 Å². The first-order valence-electron chi connectivity index (χ1n) is 16.2. The maximum absolute atomic E-state index is 11.9. The van der Waals surface area contributed by atoms with Gasteiger partial charge in [0, 0.05) is 12.0 Å². The fourth-order valence-corrected chi connectivity index (χ4v) is 5.69. The average molecular weight is 618 g/mol. The van der Waals surface area contributed by atoms with E-state index in [1.165, 1.54) is 0 Å². The van der Waals surface area contributed by atoms with Gasteiger partial charge < -0.3 is 28.8 Å². The molecule has 1 atom stereocenters. The zero-order valence-electron chi connectivity index (χ0n) is 28.1. The van der Waals surface area contributed by atoms with E-state index in [-0.39, 0.29) is 6.23 Å². The molecule has 1 N–H and O–H groups in total. The number of fused-ring (bicyclic) bond motifs is 1. The number of nitrogens with zero attached hydrogens (tertiary/aromatic N) is 2. The zero-order valence-corrected chi connectivity index (χ0v) is 28.1. The topological polar surface area (TPSA) is 93.1 Å². The third-order valence-electron chi connectivity index (χ3n) is 8.73. The molecule has 2 aliphatic heterocycles. The number of amides is 1. The highest BCUT2D eigenvalue weighted by atomic mass is 16.7. The van der Waals surface area contributed by atoms with Crippen molar-refractivity contribution < 1.29 is 28.3 Å². The summed E-state index contributed by atoms with van der Waals surface area (Å²) in [4.78, 5) is 11.9. The quantitative estimate of drug-likeness (QED) is 0.197. The van der Waals surface area contributed by atoms with Gasteiger partial charge in [0.1, 0.15) is 18.0 Å². The minimum absolute atomic E-state index is 0.0278. The molecule has 2 aromatic carbocycles. The van der Waals surface area contributed by atoms with E-state index >= 15 is 0 Å². The third kappa shape index (κ3) is 7.56. The van der Waals surface area contributed by atoms with Gasteiger partial charge in [-0.1, -0.05) is 25.1 Å². The summed E-state index contributed by atoms with van der Waals surface area (Å²) in [5, 5.41) is 8.51. The number of benzene rings is 2. The minimum Gasteiger partial charge on any atom is -0.492 e. The lowest BCUT2D eigenvalue weighted by molar-refractivity contribution is -0.0366. The van der Waals surface area contributed by atoms with Gasteiger partial charge in [-0.25, -0.2) is 9.48 Å². The predicted molar refractivity (Wildman–Crippen MR) is 177 cm³/mol. The van der Waals surface area contributed by atoms with Crippen LogP contribution in [0.4, 0.5) is 4.79 Å². The first-order valence-corrected chi connectivity index (χ1v) is 16.2. The van der Waals surface area contributed by atoms with Gasteiger partial charge in [-0.05, 0) is 121 Å². The molecule has 0 radical (unpaired) electrons. The summed E-state index contributed by atoms with van der Waals surface area (Å²) in [5.41, 5.74) is 3.83. The maximum Gasteiger partial charge on any atom is 0.491 e. The highest BCUT2D eigenvalue weighted by Crippen LogP contribution is 2.42. The Morgan fingerprint density at radius 2 is 1.73 bits per heavy atom. The van der Waals surface area contributed by atoms with E-state index in [1.54, 1.807) is 0 Å². The molecule has 0 aliphatic carbocycles. The van der Waals surface area contributed by atoms with Gasteiger partial charge in [-0.3, -0.25) is 0 Å². The number of ether oxygens (including phenoxy) is 3. The minimum atomic E-state index is -0.543. The Hall–Kier alpha value is -3.34. The van der Waals surface area contributed by atoms with Gasteiger partial charge in [0.15, 0.2) is 6.23 Å². The van der Waals surface area contributed by atoms with Crippen LogP contribution in [-0.2, 0) is 18.8 Å². The second-order valence-corrected chi connectivity index (χ2v) is 13.8. The number of alkyl carbamates (subject to hydrolysis) is 1. The van der Waals surface area contributed by atoms with Crippen LogP contribution in [0.15, 0.2) is 54.1 Å². The molecule has 0 bridgehead atoms.